The lowest BCUT2D eigenvalue weighted by atomic mass is 9.91. The molecule has 1 aromatic heterocycles. The molecule has 0 amide bonds. The van der Waals surface area contributed by atoms with Crippen LogP contribution in [0.1, 0.15) is 25.5 Å². The largest absolute Gasteiger partial charge is 0.458 e. The summed E-state index contributed by atoms with van der Waals surface area (Å²) < 4.78 is 5.81. The van der Waals surface area contributed by atoms with E-state index >= 15 is 0 Å². The van der Waals surface area contributed by atoms with E-state index in [0.717, 1.165) is 29.6 Å². The number of furan rings is 1. The van der Waals surface area contributed by atoms with Crippen LogP contribution in [-0.2, 0) is 5.60 Å². The Morgan fingerprint density at radius 3 is 3.06 bits per heavy atom. The molecule has 0 saturated carbocycles. The van der Waals surface area contributed by atoms with Crippen molar-refractivity contribution in [2.45, 2.75) is 30.6 Å². The van der Waals surface area contributed by atoms with Crippen LogP contribution >= 0.6 is 23.4 Å². The standard InChI is InChI=1S/C14H15ClO2S/c1-9-14(16,5-2-6-18-9)13-8-10-7-11(15)3-4-12(10)17-13/h3-4,7-9,16H,2,5-6H2,1H3. The highest BCUT2D eigenvalue weighted by Gasteiger charge is 2.41. The van der Waals surface area contributed by atoms with Gasteiger partial charge in [0, 0.05) is 15.7 Å². The van der Waals surface area contributed by atoms with Gasteiger partial charge >= 0.3 is 0 Å². The van der Waals surface area contributed by atoms with Crippen LogP contribution in [-0.4, -0.2) is 16.1 Å². The zero-order valence-corrected chi connectivity index (χ0v) is 11.7. The number of hydrogen-bond acceptors (Lipinski definition) is 3. The molecule has 0 aliphatic carbocycles. The third-order valence-electron chi connectivity index (χ3n) is 3.65. The van der Waals surface area contributed by atoms with Crippen LogP contribution in [0, 0.1) is 0 Å². The first-order chi connectivity index (χ1) is 8.59. The molecular weight excluding hydrogens is 268 g/mol. The van der Waals surface area contributed by atoms with Gasteiger partial charge in [-0.25, -0.2) is 0 Å². The van der Waals surface area contributed by atoms with Crippen molar-refractivity contribution in [2.24, 2.45) is 0 Å². The minimum absolute atomic E-state index is 0.155. The monoisotopic (exact) mass is 282 g/mol. The molecule has 1 aliphatic heterocycles. The summed E-state index contributed by atoms with van der Waals surface area (Å²) in [6, 6.07) is 7.45. The molecule has 2 heterocycles. The van der Waals surface area contributed by atoms with Crippen molar-refractivity contribution >= 4 is 34.3 Å². The predicted molar refractivity (Wildman–Crippen MR) is 76.3 cm³/mol. The molecule has 1 aromatic carbocycles. The first-order valence-corrected chi connectivity index (χ1v) is 7.56. The van der Waals surface area contributed by atoms with E-state index in [9.17, 15) is 5.11 Å². The van der Waals surface area contributed by atoms with Gasteiger partial charge < -0.3 is 9.52 Å². The number of benzene rings is 1. The molecule has 18 heavy (non-hydrogen) atoms. The molecular formula is C14H15ClO2S. The third kappa shape index (κ3) is 1.94. The summed E-state index contributed by atoms with van der Waals surface area (Å²) in [5.74, 6) is 1.77. The molecule has 1 N–H and O–H groups in total. The number of fused-ring (bicyclic) bond motifs is 1. The minimum atomic E-state index is -0.853. The lowest BCUT2D eigenvalue weighted by Crippen LogP contribution is -2.38. The van der Waals surface area contributed by atoms with E-state index < -0.39 is 5.60 Å². The number of aliphatic hydroxyl groups is 1. The van der Waals surface area contributed by atoms with Gasteiger partial charge in [-0.2, -0.15) is 11.8 Å². The molecule has 1 aliphatic rings. The summed E-state index contributed by atoms with van der Waals surface area (Å²) in [6.07, 6.45) is 1.78. The average molecular weight is 283 g/mol. The molecule has 96 valence electrons. The van der Waals surface area contributed by atoms with Crippen molar-refractivity contribution < 1.29 is 9.52 Å². The second-order valence-electron chi connectivity index (χ2n) is 4.83. The van der Waals surface area contributed by atoms with Gasteiger partial charge in [0.05, 0.1) is 0 Å². The van der Waals surface area contributed by atoms with E-state index in [4.69, 9.17) is 16.0 Å². The Kier molecular flexibility index (Phi) is 3.08. The maximum absolute atomic E-state index is 10.8. The predicted octanol–water partition coefficient (Wildman–Crippen LogP) is 4.19. The lowest BCUT2D eigenvalue weighted by molar-refractivity contribution is 0.00575. The summed E-state index contributed by atoms with van der Waals surface area (Å²) >= 11 is 7.77. The van der Waals surface area contributed by atoms with Crippen molar-refractivity contribution in [3.63, 3.8) is 0 Å². The zero-order chi connectivity index (χ0) is 12.8. The molecule has 2 atom stereocenters. The van der Waals surface area contributed by atoms with Crippen molar-refractivity contribution in [3.8, 4) is 0 Å². The van der Waals surface area contributed by atoms with Crippen LogP contribution in [0.15, 0.2) is 28.7 Å². The van der Waals surface area contributed by atoms with Gasteiger partial charge in [-0.3, -0.25) is 0 Å². The highest BCUT2D eigenvalue weighted by molar-refractivity contribution is 8.00. The second-order valence-corrected chi connectivity index (χ2v) is 6.72. The Bertz CT molecular complexity index is 580. The molecule has 0 radical (unpaired) electrons. The molecule has 3 rings (SSSR count). The van der Waals surface area contributed by atoms with Gasteiger partial charge in [0.25, 0.3) is 0 Å². The Morgan fingerprint density at radius 1 is 1.44 bits per heavy atom. The summed E-state index contributed by atoms with van der Waals surface area (Å²) in [7, 11) is 0. The summed E-state index contributed by atoms with van der Waals surface area (Å²) in [5, 5.41) is 12.6. The maximum Gasteiger partial charge on any atom is 0.138 e. The molecule has 1 saturated heterocycles. The third-order valence-corrected chi connectivity index (χ3v) is 5.30. The molecule has 0 spiro atoms. The molecule has 2 nitrogen and oxygen atoms in total. The highest BCUT2D eigenvalue weighted by Crippen LogP contribution is 2.43. The van der Waals surface area contributed by atoms with E-state index in [-0.39, 0.29) is 5.25 Å². The van der Waals surface area contributed by atoms with E-state index in [1.807, 2.05) is 18.2 Å². The van der Waals surface area contributed by atoms with E-state index in [2.05, 4.69) is 6.92 Å². The van der Waals surface area contributed by atoms with Gasteiger partial charge in [0.2, 0.25) is 0 Å². The van der Waals surface area contributed by atoms with E-state index in [0.29, 0.717) is 10.8 Å². The van der Waals surface area contributed by atoms with Crippen molar-refractivity contribution in [2.75, 3.05) is 5.75 Å². The van der Waals surface area contributed by atoms with Gasteiger partial charge in [-0.05, 0) is 42.9 Å². The fraction of sp³-hybridized carbons (Fsp3) is 0.429. The Balaban J connectivity index is 2.07. The Labute approximate surface area is 115 Å². The number of thioether (sulfide) groups is 1. The van der Waals surface area contributed by atoms with Crippen LogP contribution in [0.25, 0.3) is 11.0 Å². The van der Waals surface area contributed by atoms with Crippen LogP contribution in [0.5, 0.6) is 0 Å². The lowest BCUT2D eigenvalue weighted by Gasteiger charge is -2.35. The van der Waals surface area contributed by atoms with Crippen LogP contribution in [0.4, 0.5) is 0 Å². The summed E-state index contributed by atoms with van der Waals surface area (Å²) in [4.78, 5) is 0. The highest BCUT2D eigenvalue weighted by atomic mass is 35.5. The second kappa shape index (κ2) is 4.48. The molecule has 1 fully saturated rings. The van der Waals surface area contributed by atoms with E-state index in [1.54, 1.807) is 17.8 Å². The minimum Gasteiger partial charge on any atom is -0.458 e. The van der Waals surface area contributed by atoms with Crippen molar-refractivity contribution in [1.29, 1.82) is 0 Å². The molecule has 4 heteroatoms. The fourth-order valence-corrected chi connectivity index (χ4v) is 3.85. The number of halogens is 1. The summed E-state index contributed by atoms with van der Waals surface area (Å²) in [6.45, 7) is 2.06. The molecule has 2 unspecified atom stereocenters. The van der Waals surface area contributed by atoms with Gasteiger partial charge in [-0.1, -0.05) is 18.5 Å². The van der Waals surface area contributed by atoms with Gasteiger partial charge in [0.15, 0.2) is 0 Å². The number of hydrogen-bond donors (Lipinski definition) is 1. The fourth-order valence-electron chi connectivity index (χ4n) is 2.49. The molecule has 0 bridgehead atoms. The van der Waals surface area contributed by atoms with Crippen molar-refractivity contribution in [1.82, 2.24) is 0 Å². The topological polar surface area (TPSA) is 33.4 Å². The van der Waals surface area contributed by atoms with Gasteiger partial charge in [-0.15, -0.1) is 0 Å². The molecule has 2 aromatic rings. The first kappa shape index (κ1) is 12.4. The normalized spacial score (nSPS) is 28.7. The van der Waals surface area contributed by atoms with Crippen molar-refractivity contribution in [3.05, 3.63) is 35.0 Å². The van der Waals surface area contributed by atoms with Gasteiger partial charge in [0.1, 0.15) is 16.9 Å². The summed E-state index contributed by atoms with van der Waals surface area (Å²) in [5.41, 5.74) is -0.0698. The van der Waals surface area contributed by atoms with E-state index in [1.165, 1.54) is 0 Å². The smallest absolute Gasteiger partial charge is 0.138 e. The number of rotatable bonds is 1. The SMILES string of the molecule is CC1SCCCC1(O)c1cc2cc(Cl)ccc2o1. The average Bonchev–Trinajstić information content (AvgIpc) is 2.76. The maximum atomic E-state index is 10.8. The first-order valence-electron chi connectivity index (χ1n) is 6.13. The van der Waals surface area contributed by atoms with Crippen LogP contribution in [0.3, 0.4) is 0 Å². The zero-order valence-electron chi connectivity index (χ0n) is 10.1. The Morgan fingerprint density at radius 2 is 2.28 bits per heavy atom. The quantitative estimate of drug-likeness (QED) is 0.851. The van der Waals surface area contributed by atoms with Crippen LogP contribution in [0.2, 0.25) is 5.02 Å². The van der Waals surface area contributed by atoms with Crippen LogP contribution < -0.4 is 0 Å². The Hall–Kier alpha value is -0.640.